The number of benzene rings is 3. The fourth-order valence-electron chi connectivity index (χ4n) is 4.90. The maximum absolute atomic E-state index is 13.9. The van der Waals surface area contributed by atoms with Gasteiger partial charge in [0.15, 0.2) is 11.5 Å². The summed E-state index contributed by atoms with van der Waals surface area (Å²) in [6.07, 6.45) is 2.57. The largest absolute Gasteiger partial charge is 0.486 e. The Balaban J connectivity index is 1.56. The Kier molecular flexibility index (Phi) is 11.5. The normalized spacial score (nSPS) is 13.2. The van der Waals surface area contributed by atoms with Gasteiger partial charge in [0.1, 0.15) is 19.3 Å². The zero-order valence-corrected chi connectivity index (χ0v) is 26.9. The molecule has 2 amide bonds. The van der Waals surface area contributed by atoms with Gasteiger partial charge in [-0.3, -0.25) is 13.9 Å². The standard InChI is InChI=1S/C32H38BrN3O6S/c1-3-17-34-32(38)28(21-24-8-5-4-6-9-24)35(23-25-11-13-26(33)14-12-25)31(37)10-7-18-36(43(2,39)40)27-15-16-29-30(22-27)42-20-19-41-29/h4-6,8-9,11-16,22,28H,3,7,10,17-21,23H2,1-2H3,(H,34,38)/t28-/m1/s1. The summed E-state index contributed by atoms with van der Waals surface area (Å²) in [7, 11) is -3.65. The fourth-order valence-corrected chi connectivity index (χ4v) is 6.12. The molecule has 0 fully saturated rings. The molecule has 0 saturated heterocycles. The number of anilines is 1. The third kappa shape index (κ3) is 9.21. The van der Waals surface area contributed by atoms with Gasteiger partial charge in [-0.25, -0.2) is 8.42 Å². The van der Waals surface area contributed by atoms with Crippen molar-refractivity contribution >= 4 is 43.5 Å². The van der Waals surface area contributed by atoms with Crippen molar-refractivity contribution in [2.45, 2.75) is 45.2 Å². The van der Waals surface area contributed by atoms with Crippen LogP contribution in [0.3, 0.4) is 0 Å². The molecule has 9 nitrogen and oxygen atoms in total. The van der Waals surface area contributed by atoms with E-state index in [1.165, 1.54) is 4.31 Å². The summed E-state index contributed by atoms with van der Waals surface area (Å²) in [5.41, 5.74) is 2.26. The van der Waals surface area contributed by atoms with Crippen LogP contribution in [0.4, 0.5) is 5.69 Å². The van der Waals surface area contributed by atoms with Crippen molar-refractivity contribution < 1.29 is 27.5 Å². The third-order valence-electron chi connectivity index (χ3n) is 7.05. The minimum absolute atomic E-state index is 0.0550. The molecule has 0 unspecified atom stereocenters. The number of sulfonamides is 1. The molecule has 43 heavy (non-hydrogen) atoms. The van der Waals surface area contributed by atoms with Gasteiger partial charge in [-0.2, -0.15) is 0 Å². The van der Waals surface area contributed by atoms with E-state index in [1.807, 2.05) is 61.5 Å². The van der Waals surface area contributed by atoms with Crippen molar-refractivity contribution in [1.29, 1.82) is 0 Å². The summed E-state index contributed by atoms with van der Waals surface area (Å²) in [4.78, 5) is 29.0. The van der Waals surface area contributed by atoms with Crippen LogP contribution >= 0.6 is 15.9 Å². The lowest BCUT2D eigenvalue weighted by Crippen LogP contribution is -2.50. The summed E-state index contributed by atoms with van der Waals surface area (Å²) < 4.78 is 39.0. The Labute approximate surface area is 262 Å². The van der Waals surface area contributed by atoms with E-state index in [1.54, 1.807) is 23.1 Å². The monoisotopic (exact) mass is 671 g/mol. The zero-order valence-electron chi connectivity index (χ0n) is 24.5. The van der Waals surface area contributed by atoms with Gasteiger partial charge in [0.05, 0.1) is 11.9 Å². The SMILES string of the molecule is CCCNC(=O)[C@@H](Cc1ccccc1)N(Cc1ccc(Br)cc1)C(=O)CCCN(c1ccc2c(c1)OCCO2)S(C)(=O)=O. The molecular formula is C32H38BrN3O6S. The Bertz CT molecular complexity index is 1480. The lowest BCUT2D eigenvalue weighted by molar-refractivity contribution is -0.141. The predicted molar refractivity (Wildman–Crippen MR) is 171 cm³/mol. The lowest BCUT2D eigenvalue weighted by atomic mass is 10.0. The number of halogens is 1. The van der Waals surface area contributed by atoms with Gasteiger partial charge in [0, 0.05) is 43.0 Å². The highest BCUT2D eigenvalue weighted by atomic mass is 79.9. The van der Waals surface area contributed by atoms with E-state index >= 15 is 0 Å². The highest BCUT2D eigenvalue weighted by Crippen LogP contribution is 2.35. The van der Waals surface area contributed by atoms with Crippen LogP contribution in [-0.2, 0) is 32.6 Å². The fraction of sp³-hybridized carbons (Fsp3) is 0.375. The number of nitrogens with one attached hydrogen (secondary N) is 1. The summed E-state index contributed by atoms with van der Waals surface area (Å²) >= 11 is 3.46. The molecule has 1 heterocycles. The van der Waals surface area contributed by atoms with Crippen LogP contribution in [0, 0.1) is 0 Å². The maximum Gasteiger partial charge on any atom is 0.243 e. The van der Waals surface area contributed by atoms with Gasteiger partial charge < -0.3 is 19.7 Å². The second-order valence-electron chi connectivity index (χ2n) is 10.4. The quantitative estimate of drug-likeness (QED) is 0.261. The number of amides is 2. The van der Waals surface area contributed by atoms with E-state index in [-0.39, 0.29) is 37.7 Å². The smallest absolute Gasteiger partial charge is 0.243 e. The number of hydrogen-bond donors (Lipinski definition) is 1. The van der Waals surface area contributed by atoms with Crippen molar-refractivity contribution in [2.24, 2.45) is 0 Å². The molecule has 3 aromatic carbocycles. The number of rotatable bonds is 14. The van der Waals surface area contributed by atoms with Crippen molar-refractivity contribution in [3.8, 4) is 11.5 Å². The molecular weight excluding hydrogens is 634 g/mol. The Morgan fingerprint density at radius 3 is 2.33 bits per heavy atom. The molecule has 0 bridgehead atoms. The summed E-state index contributed by atoms with van der Waals surface area (Å²) in [6.45, 7) is 3.62. The van der Waals surface area contributed by atoms with Crippen LogP contribution in [0.15, 0.2) is 77.3 Å². The molecule has 11 heteroatoms. The first-order valence-corrected chi connectivity index (χ1v) is 17.0. The number of carbonyl (C=O) groups excluding carboxylic acids is 2. The number of nitrogens with zero attached hydrogens (tertiary/aromatic N) is 2. The van der Waals surface area contributed by atoms with Crippen LogP contribution in [0.1, 0.15) is 37.3 Å². The molecule has 4 rings (SSSR count). The molecule has 0 aliphatic carbocycles. The number of ether oxygens (including phenoxy) is 2. The van der Waals surface area contributed by atoms with Crippen molar-refractivity contribution in [3.05, 3.63) is 88.4 Å². The van der Waals surface area contributed by atoms with E-state index in [0.29, 0.717) is 43.4 Å². The molecule has 1 N–H and O–H groups in total. The van der Waals surface area contributed by atoms with Crippen molar-refractivity contribution in [2.75, 3.05) is 36.9 Å². The van der Waals surface area contributed by atoms with Crippen molar-refractivity contribution in [1.82, 2.24) is 10.2 Å². The van der Waals surface area contributed by atoms with E-state index in [4.69, 9.17) is 9.47 Å². The highest BCUT2D eigenvalue weighted by molar-refractivity contribution is 9.10. The summed E-state index contributed by atoms with van der Waals surface area (Å²) in [6, 6.07) is 21.5. The molecule has 0 spiro atoms. The van der Waals surface area contributed by atoms with Crippen LogP contribution in [0.5, 0.6) is 11.5 Å². The topological polar surface area (TPSA) is 105 Å². The highest BCUT2D eigenvalue weighted by Gasteiger charge is 2.30. The molecule has 1 atom stereocenters. The molecule has 1 aliphatic rings. The number of hydrogen-bond acceptors (Lipinski definition) is 6. The van der Waals surface area contributed by atoms with Crippen molar-refractivity contribution in [3.63, 3.8) is 0 Å². The van der Waals surface area contributed by atoms with E-state index < -0.39 is 16.1 Å². The lowest BCUT2D eigenvalue weighted by Gasteiger charge is -2.32. The summed E-state index contributed by atoms with van der Waals surface area (Å²) in [5.74, 6) is 0.598. The first-order chi connectivity index (χ1) is 20.7. The second kappa shape index (κ2) is 15.2. The van der Waals surface area contributed by atoms with Crippen LogP contribution < -0.4 is 19.1 Å². The van der Waals surface area contributed by atoms with Gasteiger partial charge in [0.25, 0.3) is 0 Å². The Hall–Kier alpha value is -3.57. The molecule has 0 saturated carbocycles. The van der Waals surface area contributed by atoms with Gasteiger partial charge in [-0.1, -0.05) is 65.3 Å². The molecule has 0 radical (unpaired) electrons. The predicted octanol–water partition coefficient (Wildman–Crippen LogP) is 4.93. The molecule has 0 aromatic heterocycles. The Morgan fingerprint density at radius 2 is 1.65 bits per heavy atom. The van der Waals surface area contributed by atoms with Gasteiger partial charge in [0.2, 0.25) is 21.8 Å². The van der Waals surface area contributed by atoms with E-state index in [2.05, 4.69) is 21.2 Å². The van der Waals surface area contributed by atoms with Gasteiger partial charge >= 0.3 is 0 Å². The van der Waals surface area contributed by atoms with Crippen LogP contribution in [-0.4, -0.2) is 63.7 Å². The minimum atomic E-state index is -3.65. The van der Waals surface area contributed by atoms with E-state index in [0.717, 1.165) is 28.3 Å². The van der Waals surface area contributed by atoms with Crippen LogP contribution in [0.2, 0.25) is 0 Å². The summed E-state index contributed by atoms with van der Waals surface area (Å²) in [5, 5.41) is 2.97. The average Bonchev–Trinajstić information content (AvgIpc) is 3.00. The van der Waals surface area contributed by atoms with Gasteiger partial charge in [-0.15, -0.1) is 0 Å². The first kappa shape index (κ1) is 32.3. The second-order valence-corrected chi connectivity index (χ2v) is 13.2. The van der Waals surface area contributed by atoms with Crippen LogP contribution in [0.25, 0.3) is 0 Å². The molecule has 1 aliphatic heterocycles. The average molecular weight is 673 g/mol. The zero-order chi connectivity index (χ0) is 30.8. The molecule has 230 valence electrons. The maximum atomic E-state index is 13.9. The van der Waals surface area contributed by atoms with E-state index in [9.17, 15) is 18.0 Å². The number of fused-ring (bicyclic) bond motifs is 1. The number of carbonyl (C=O) groups is 2. The first-order valence-electron chi connectivity index (χ1n) is 14.4. The third-order valence-corrected chi connectivity index (χ3v) is 8.78. The Morgan fingerprint density at radius 1 is 0.953 bits per heavy atom. The van der Waals surface area contributed by atoms with Gasteiger partial charge in [-0.05, 0) is 48.2 Å². The minimum Gasteiger partial charge on any atom is -0.486 e. The molecule has 3 aromatic rings.